The molecule has 0 amide bonds. The van der Waals surface area contributed by atoms with Crippen LogP contribution in [0.15, 0.2) is 12.3 Å². The van der Waals surface area contributed by atoms with Crippen molar-refractivity contribution in [3.63, 3.8) is 0 Å². The monoisotopic (exact) mass is 356 g/mol. The van der Waals surface area contributed by atoms with Gasteiger partial charge in [-0.3, -0.25) is 10.00 Å². The second-order valence-electron chi connectivity index (χ2n) is 7.42. The molecule has 0 atom stereocenters. The Kier molecular flexibility index (Phi) is 4.92. The van der Waals surface area contributed by atoms with Crippen molar-refractivity contribution in [1.82, 2.24) is 25.1 Å². The summed E-state index contributed by atoms with van der Waals surface area (Å²) in [6.07, 6.45) is 8.65. The first-order valence-electron chi connectivity index (χ1n) is 9.58. The molecule has 8 nitrogen and oxygen atoms in total. The summed E-state index contributed by atoms with van der Waals surface area (Å²) in [6, 6.07) is 1.79. The van der Waals surface area contributed by atoms with Crippen LogP contribution in [0.5, 0.6) is 0 Å². The molecule has 5 N–H and O–H groups in total. The minimum Gasteiger partial charge on any atom is -0.383 e. The van der Waals surface area contributed by atoms with Crippen molar-refractivity contribution >= 4 is 17.6 Å². The van der Waals surface area contributed by atoms with Crippen LogP contribution in [0.2, 0.25) is 0 Å². The van der Waals surface area contributed by atoms with Crippen LogP contribution in [0.3, 0.4) is 0 Å². The summed E-state index contributed by atoms with van der Waals surface area (Å²) in [5.74, 6) is 2.14. The van der Waals surface area contributed by atoms with Gasteiger partial charge in [0.25, 0.3) is 0 Å². The molecular weight excluding hydrogens is 328 g/mol. The van der Waals surface area contributed by atoms with Gasteiger partial charge in [0.15, 0.2) is 0 Å². The summed E-state index contributed by atoms with van der Waals surface area (Å²) in [6.45, 7) is 4.75. The summed E-state index contributed by atoms with van der Waals surface area (Å²) in [4.78, 5) is 13.0. The molecule has 0 aromatic carbocycles. The first-order valence-corrected chi connectivity index (χ1v) is 9.58. The Labute approximate surface area is 154 Å². The molecule has 1 aliphatic heterocycles. The largest absolute Gasteiger partial charge is 0.383 e. The lowest BCUT2D eigenvalue weighted by atomic mass is 9.85. The highest BCUT2D eigenvalue weighted by Crippen LogP contribution is 2.33. The molecule has 4 rings (SSSR count). The number of nitrogens with one attached hydrogen (secondary N) is 1. The number of nitrogens with zero attached hydrogens (tertiary/aromatic N) is 5. The molecule has 2 aliphatic rings. The fraction of sp³-hybridized carbons (Fsp3) is 0.611. The van der Waals surface area contributed by atoms with Crippen molar-refractivity contribution in [2.75, 3.05) is 42.5 Å². The minimum atomic E-state index is 0.234. The van der Waals surface area contributed by atoms with E-state index in [9.17, 15) is 0 Å². The zero-order valence-corrected chi connectivity index (χ0v) is 15.2. The van der Waals surface area contributed by atoms with Crippen LogP contribution < -0.4 is 16.4 Å². The van der Waals surface area contributed by atoms with E-state index in [-0.39, 0.29) is 5.95 Å². The van der Waals surface area contributed by atoms with E-state index in [0.717, 1.165) is 38.5 Å². The Hall–Kier alpha value is -2.35. The van der Waals surface area contributed by atoms with E-state index in [4.69, 9.17) is 11.5 Å². The van der Waals surface area contributed by atoms with Gasteiger partial charge in [0.1, 0.15) is 11.6 Å². The van der Waals surface area contributed by atoms with Crippen LogP contribution in [0.4, 0.5) is 17.6 Å². The van der Waals surface area contributed by atoms with Gasteiger partial charge in [0, 0.05) is 56.0 Å². The molecule has 3 heterocycles. The molecular formula is C18H28N8. The molecule has 0 unspecified atom stereocenters. The number of piperazine rings is 1. The van der Waals surface area contributed by atoms with Crippen LogP contribution in [0.25, 0.3) is 0 Å². The Morgan fingerprint density at radius 2 is 1.81 bits per heavy atom. The summed E-state index contributed by atoms with van der Waals surface area (Å²) < 4.78 is 0. The highest BCUT2D eigenvalue weighted by molar-refractivity contribution is 5.50. The highest BCUT2D eigenvalue weighted by Gasteiger charge is 2.23. The lowest BCUT2D eigenvalue weighted by Gasteiger charge is -2.35. The van der Waals surface area contributed by atoms with Crippen molar-refractivity contribution in [2.24, 2.45) is 0 Å². The fourth-order valence-electron chi connectivity index (χ4n) is 4.20. The molecule has 1 aliphatic carbocycles. The molecule has 2 aromatic rings. The predicted molar refractivity (Wildman–Crippen MR) is 103 cm³/mol. The number of nitrogen functional groups attached to an aromatic ring is 2. The van der Waals surface area contributed by atoms with Crippen molar-refractivity contribution in [3.05, 3.63) is 23.5 Å². The third-order valence-electron chi connectivity index (χ3n) is 5.60. The van der Waals surface area contributed by atoms with Crippen LogP contribution in [0, 0.1) is 0 Å². The maximum absolute atomic E-state index is 5.79. The summed E-state index contributed by atoms with van der Waals surface area (Å²) in [5, 5.41) is 7.62. The fourth-order valence-corrected chi connectivity index (χ4v) is 4.20. The van der Waals surface area contributed by atoms with Crippen molar-refractivity contribution in [1.29, 1.82) is 0 Å². The smallest absolute Gasteiger partial charge is 0.223 e. The molecule has 0 radical (unpaired) electrons. The summed E-state index contributed by atoms with van der Waals surface area (Å²) >= 11 is 0. The molecule has 2 aromatic heterocycles. The van der Waals surface area contributed by atoms with Gasteiger partial charge in [-0.15, -0.1) is 0 Å². The molecule has 1 saturated carbocycles. The van der Waals surface area contributed by atoms with Crippen LogP contribution >= 0.6 is 0 Å². The number of aromatic amines is 1. The van der Waals surface area contributed by atoms with E-state index in [1.54, 1.807) is 6.07 Å². The Morgan fingerprint density at radius 3 is 2.54 bits per heavy atom. The Morgan fingerprint density at radius 1 is 1.04 bits per heavy atom. The first-order chi connectivity index (χ1) is 12.7. The average Bonchev–Trinajstić information content (AvgIpc) is 3.10. The molecule has 8 heteroatoms. The van der Waals surface area contributed by atoms with Gasteiger partial charge in [-0.25, -0.2) is 0 Å². The lowest BCUT2D eigenvalue weighted by Crippen LogP contribution is -2.46. The van der Waals surface area contributed by atoms with Gasteiger partial charge in [-0.1, -0.05) is 19.3 Å². The van der Waals surface area contributed by atoms with Gasteiger partial charge in [-0.05, 0) is 12.8 Å². The van der Waals surface area contributed by atoms with Crippen LogP contribution in [-0.4, -0.2) is 51.2 Å². The zero-order chi connectivity index (χ0) is 17.9. The van der Waals surface area contributed by atoms with E-state index in [1.165, 1.54) is 43.4 Å². The summed E-state index contributed by atoms with van der Waals surface area (Å²) in [7, 11) is 0. The van der Waals surface area contributed by atoms with E-state index in [2.05, 4.69) is 30.0 Å². The van der Waals surface area contributed by atoms with Gasteiger partial charge in [0.2, 0.25) is 5.95 Å². The van der Waals surface area contributed by atoms with Gasteiger partial charge < -0.3 is 16.4 Å². The summed E-state index contributed by atoms with van der Waals surface area (Å²) in [5.41, 5.74) is 14.2. The molecule has 0 bridgehead atoms. The van der Waals surface area contributed by atoms with Crippen LogP contribution in [-0.2, 0) is 6.54 Å². The Bertz CT molecular complexity index is 708. The van der Waals surface area contributed by atoms with Crippen molar-refractivity contribution in [2.45, 2.75) is 44.6 Å². The number of hydrogen-bond acceptors (Lipinski definition) is 7. The maximum atomic E-state index is 5.79. The topological polar surface area (TPSA) is 113 Å². The number of aromatic nitrogens is 4. The standard InChI is InChI=1S/C18H28N8/c19-15-10-16(23-18(20)22-15)26-8-6-25(7-9-26)12-14-11-21-24-17(14)13-4-2-1-3-5-13/h10-11,13H,1-9,12H2,(H,21,24)(H4,19,20,22,23). The van der Waals surface area contributed by atoms with E-state index < -0.39 is 0 Å². The second-order valence-corrected chi connectivity index (χ2v) is 7.42. The lowest BCUT2D eigenvalue weighted by molar-refractivity contribution is 0.248. The third kappa shape index (κ3) is 3.75. The first kappa shape index (κ1) is 17.1. The maximum Gasteiger partial charge on any atom is 0.223 e. The quantitative estimate of drug-likeness (QED) is 0.764. The van der Waals surface area contributed by atoms with Crippen molar-refractivity contribution < 1.29 is 0 Å². The molecule has 1 saturated heterocycles. The van der Waals surface area contributed by atoms with Gasteiger partial charge in [-0.2, -0.15) is 15.1 Å². The number of rotatable bonds is 4. The van der Waals surface area contributed by atoms with Crippen molar-refractivity contribution in [3.8, 4) is 0 Å². The van der Waals surface area contributed by atoms with Gasteiger partial charge in [0.05, 0.1) is 6.20 Å². The molecule has 26 heavy (non-hydrogen) atoms. The average molecular weight is 356 g/mol. The highest BCUT2D eigenvalue weighted by atomic mass is 15.3. The number of anilines is 3. The van der Waals surface area contributed by atoms with Gasteiger partial charge >= 0.3 is 0 Å². The third-order valence-corrected chi connectivity index (χ3v) is 5.60. The zero-order valence-electron chi connectivity index (χ0n) is 15.2. The molecule has 0 spiro atoms. The number of hydrogen-bond donors (Lipinski definition) is 3. The van der Waals surface area contributed by atoms with Crippen LogP contribution in [0.1, 0.15) is 49.3 Å². The molecule has 2 fully saturated rings. The minimum absolute atomic E-state index is 0.234. The normalized spacial score (nSPS) is 19.8. The predicted octanol–water partition coefficient (Wildman–Crippen LogP) is 1.73. The van der Waals surface area contributed by atoms with E-state index in [0.29, 0.717) is 11.7 Å². The number of H-pyrrole nitrogens is 1. The van der Waals surface area contributed by atoms with E-state index in [1.807, 2.05) is 6.20 Å². The number of nitrogens with two attached hydrogens (primary N) is 2. The second kappa shape index (κ2) is 7.49. The SMILES string of the molecule is Nc1cc(N2CCN(Cc3cn[nH]c3C3CCCCC3)CC2)nc(N)n1. The van der Waals surface area contributed by atoms with E-state index >= 15 is 0 Å². The molecule has 140 valence electrons. The Balaban J connectivity index is 1.36.